The molecule has 0 radical (unpaired) electrons. The van der Waals surface area contributed by atoms with Gasteiger partial charge in [0, 0.05) is 60.5 Å². The standard InChI is InChI=1S/C23H26O2.C23H24O2.C22H24O3.C22H22O3/c2*1-13-5-6-17(12-21(13)25-4)22-19-10-15(3)14(2)9-18(19)11-16-7-8-20(24)23(16)22;2*1-12-8-16-10-14-5-7-19(24)22(14)21(17(16)9-13(12)2)15-4-6-18(23)20(11-15)25-3/h5-6,9-10,12,16,22-23H,7-8,11H2,1-4H3;5-6,9-10,12,16H,7-8,11H2,1-4H3;4,6,8-9,11,14,21-23H,5,7,10H2,1-3H3;4,6,8-9,11,14,23H,5,7,10H2,1-3H3. The molecule has 0 bridgehead atoms. The normalized spacial score (nSPS) is 21.9. The van der Waals surface area contributed by atoms with Gasteiger partial charge in [0.1, 0.15) is 23.1 Å². The topological polar surface area (TPSA) is 146 Å². The van der Waals surface area contributed by atoms with Gasteiger partial charge in [-0.1, -0.05) is 84.9 Å². The Bertz CT molecular complexity index is 4430. The molecule has 8 aliphatic rings. The number of ketones is 4. The molecule has 4 saturated carbocycles. The summed E-state index contributed by atoms with van der Waals surface area (Å²) in [5, 5.41) is 19.9. The fourth-order valence-electron chi connectivity index (χ4n) is 18.1. The molecule has 0 heterocycles. The molecule has 10 heteroatoms. The van der Waals surface area contributed by atoms with Crippen molar-refractivity contribution in [3.8, 4) is 34.5 Å². The Kier molecular flexibility index (Phi) is 19.4. The van der Waals surface area contributed by atoms with Gasteiger partial charge in [-0.05, 0) is 314 Å². The molecular weight excluding hydrogens is 1240 g/mol. The van der Waals surface area contributed by atoms with Gasteiger partial charge in [0.2, 0.25) is 0 Å². The zero-order chi connectivity index (χ0) is 70.9. The monoisotopic (exact) mass is 1340 g/mol. The quantitative estimate of drug-likeness (QED) is 0.151. The molecule has 0 spiro atoms. The molecule has 8 aromatic rings. The average Bonchev–Trinajstić information content (AvgIpc) is 1.41. The number of phenolic OH excluding ortho intramolecular Hbond substituents is 2. The zero-order valence-electron chi connectivity index (χ0n) is 60.8. The second-order valence-electron chi connectivity index (χ2n) is 29.9. The minimum absolute atomic E-state index is 0.0452. The van der Waals surface area contributed by atoms with Crippen LogP contribution >= 0.6 is 0 Å². The van der Waals surface area contributed by atoms with E-state index in [-0.39, 0.29) is 41.0 Å². The van der Waals surface area contributed by atoms with Crippen molar-refractivity contribution in [2.45, 2.75) is 158 Å². The molecule has 10 nitrogen and oxygen atoms in total. The van der Waals surface area contributed by atoms with Crippen LogP contribution in [-0.2, 0) is 44.9 Å². The highest BCUT2D eigenvalue weighted by Gasteiger charge is 2.47. The van der Waals surface area contributed by atoms with Crippen molar-refractivity contribution in [3.05, 3.63) is 255 Å². The van der Waals surface area contributed by atoms with Gasteiger partial charge in [-0.15, -0.1) is 0 Å². The molecule has 8 aromatic carbocycles. The predicted octanol–water partition coefficient (Wildman–Crippen LogP) is 18.5. The second kappa shape index (κ2) is 28.0. The van der Waals surface area contributed by atoms with Crippen molar-refractivity contribution in [2.24, 2.45) is 35.5 Å². The molecule has 8 atom stereocenters. The number of phenols is 2. The Morgan fingerprint density at radius 1 is 0.340 bits per heavy atom. The molecule has 8 aliphatic carbocycles. The van der Waals surface area contributed by atoms with E-state index in [4.69, 9.17) is 18.9 Å². The SMILES string of the molecule is COc1cc(C2=C3C(=O)CCC3Cc3cc(C)c(C)cc32)ccc1C.COc1cc(C2=C3C(=O)CCC3Cc3cc(C)c(C)cc32)ccc1O.COc1cc(C2c3cc(C)c(C)cc3CC3CCC(=O)C32)ccc1C.COc1cc(C2c3cc(C)c(C)cc3CC3CCC(=O)C32)ccc1O. The summed E-state index contributed by atoms with van der Waals surface area (Å²) in [5.74, 6) is 6.31. The first-order valence-electron chi connectivity index (χ1n) is 36.0. The highest BCUT2D eigenvalue weighted by Crippen LogP contribution is 2.54. The summed E-state index contributed by atoms with van der Waals surface area (Å²) in [6.07, 6.45) is 10.6. The number of hydrogen-bond acceptors (Lipinski definition) is 10. The minimum Gasteiger partial charge on any atom is -0.504 e. The largest absolute Gasteiger partial charge is 0.504 e. The van der Waals surface area contributed by atoms with Crippen LogP contribution in [0.1, 0.15) is 186 Å². The van der Waals surface area contributed by atoms with Crippen LogP contribution in [0.25, 0.3) is 11.1 Å². The third kappa shape index (κ3) is 12.8. The van der Waals surface area contributed by atoms with E-state index in [1.807, 2.05) is 31.2 Å². The number of benzene rings is 8. The van der Waals surface area contributed by atoms with Crippen LogP contribution < -0.4 is 18.9 Å². The number of carbonyl (C=O) groups is 4. The van der Waals surface area contributed by atoms with Gasteiger partial charge in [0.15, 0.2) is 34.6 Å². The Labute approximate surface area is 590 Å². The Morgan fingerprint density at radius 2 is 0.690 bits per heavy atom. The van der Waals surface area contributed by atoms with Gasteiger partial charge in [-0.3, -0.25) is 19.2 Å². The van der Waals surface area contributed by atoms with Crippen LogP contribution in [0.15, 0.2) is 132 Å². The summed E-state index contributed by atoms with van der Waals surface area (Å²) < 4.78 is 21.7. The van der Waals surface area contributed by atoms with E-state index >= 15 is 0 Å². The number of aromatic hydroxyl groups is 2. The van der Waals surface area contributed by atoms with Crippen molar-refractivity contribution in [3.63, 3.8) is 0 Å². The number of rotatable bonds is 8. The number of ether oxygens (including phenoxy) is 4. The highest BCUT2D eigenvalue weighted by atomic mass is 16.5. The predicted molar refractivity (Wildman–Crippen MR) is 397 cm³/mol. The third-order valence-electron chi connectivity index (χ3n) is 24.0. The van der Waals surface area contributed by atoms with E-state index in [0.29, 0.717) is 71.8 Å². The number of carbonyl (C=O) groups excluding carboxylic acids is 4. The Hall–Kier alpha value is -9.28. The first kappa shape index (κ1) is 69.2. The smallest absolute Gasteiger partial charge is 0.161 e. The summed E-state index contributed by atoms with van der Waals surface area (Å²) in [6, 6.07) is 41.9. The van der Waals surface area contributed by atoms with Gasteiger partial charge >= 0.3 is 0 Å². The van der Waals surface area contributed by atoms with Gasteiger partial charge in [0.05, 0.1) is 28.4 Å². The van der Waals surface area contributed by atoms with Crippen molar-refractivity contribution in [2.75, 3.05) is 28.4 Å². The van der Waals surface area contributed by atoms with Crippen LogP contribution in [0.2, 0.25) is 0 Å². The maximum Gasteiger partial charge on any atom is 0.161 e. The van der Waals surface area contributed by atoms with Gasteiger partial charge in [-0.25, -0.2) is 0 Å². The lowest BCUT2D eigenvalue weighted by Gasteiger charge is -2.36. The molecule has 100 heavy (non-hydrogen) atoms. The van der Waals surface area contributed by atoms with E-state index in [1.54, 1.807) is 40.6 Å². The van der Waals surface area contributed by atoms with Crippen LogP contribution in [0, 0.1) is 105 Å². The number of hydrogen-bond donors (Lipinski definition) is 2. The first-order valence-corrected chi connectivity index (χ1v) is 36.0. The van der Waals surface area contributed by atoms with Crippen molar-refractivity contribution in [1.29, 1.82) is 0 Å². The molecule has 4 fully saturated rings. The average molecular weight is 1340 g/mol. The molecule has 0 saturated heterocycles. The molecule has 8 unspecified atom stereocenters. The van der Waals surface area contributed by atoms with Crippen LogP contribution in [-0.4, -0.2) is 61.8 Å². The summed E-state index contributed by atoms with van der Waals surface area (Å²) >= 11 is 0. The Balaban J connectivity index is 0.000000119. The lowest BCUT2D eigenvalue weighted by atomic mass is 9.67. The Morgan fingerprint density at radius 3 is 1.14 bits per heavy atom. The number of Topliss-reactive ketones (excluding diaryl/α,β-unsaturated/α-hetero) is 4. The molecule has 0 amide bonds. The number of aryl methyl sites for hydroxylation is 10. The molecule has 0 aliphatic heterocycles. The van der Waals surface area contributed by atoms with E-state index in [0.717, 1.165) is 125 Å². The van der Waals surface area contributed by atoms with Crippen molar-refractivity contribution in [1.82, 2.24) is 0 Å². The van der Waals surface area contributed by atoms with Crippen molar-refractivity contribution < 1.29 is 48.3 Å². The fourth-order valence-corrected chi connectivity index (χ4v) is 18.1. The van der Waals surface area contributed by atoms with Gasteiger partial charge in [0.25, 0.3) is 0 Å². The van der Waals surface area contributed by atoms with Gasteiger partial charge in [-0.2, -0.15) is 0 Å². The summed E-state index contributed by atoms with van der Waals surface area (Å²) in [7, 11) is 6.53. The van der Waals surface area contributed by atoms with E-state index < -0.39 is 0 Å². The molecular formula is C90H96O10. The van der Waals surface area contributed by atoms with Crippen LogP contribution in [0.3, 0.4) is 0 Å². The van der Waals surface area contributed by atoms with E-state index in [1.165, 1.54) is 89.0 Å². The van der Waals surface area contributed by atoms with E-state index in [9.17, 15) is 29.4 Å². The third-order valence-corrected chi connectivity index (χ3v) is 24.0. The number of fused-ring (bicyclic) bond motifs is 8. The lowest BCUT2D eigenvalue weighted by molar-refractivity contribution is -0.122. The minimum atomic E-state index is 0.0452. The van der Waals surface area contributed by atoms with Gasteiger partial charge < -0.3 is 29.2 Å². The van der Waals surface area contributed by atoms with Crippen LogP contribution in [0.4, 0.5) is 0 Å². The molecule has 2 N–H and O–H groups in total. The summed E-state index contributed by atoms with van der Waals surface area (Å²) in [5.41, 5.74) is 31.6. The number of allylic oxidation sites excluding steroid dienone is 2. The lowest BCUT2D eigenvalue weighted by Crippen LogP contribution is -2.31. The first-order chi connectivity index (χ1) is 48.0. The summed E-state index contributed by atoms with van der Waals surface area (Å²) in [4.78, 5) is 50.8. The highest BCUT2D eigenvalue weighted by molar-refractivity contribution is 6.10. The second-order valence-corrected chi connectivity index (χ2v) is 29.9. The fraction of sp³-hybridized carbons (Fsp3) is 0.378. The molecule has 516 valence electrons. The summed E-state index contributed by atoms with van der Waals surface area (Å²) in [6.45, 7) is 21.3. The maximum absolute atomic E-state index is 12.7. The van der Waals surface area contributed by atoms with E-state index in [2.05, 4.69) is 147 Å². The van der Waals surface area contributed by atoms with Crippen LogP contribution in [0.5, 0.6) is 34.5 Å². The maximum atomic E-state index is 12.7. The molecule has 0 aromatic heterocycles. The van der Waals surface area contributed by atoms with Crippen molar-refractivity contribution >= 4 is 34.3 Å². The molecule has 16 rings (SSSR count). The number of methoxy groups -OCH3 is 4. The zero-order valence-corrected chi connectivity index (χ0v) is 60.8.